The van der Waals surface area contributed by atoms with Crippen molar-refractivity contribution >= 4 is 23.6 Å². The van der Waals surface area contributed by atoms with Gasteiger partial charge in [-0.1, -0.05) is 0 Å². The normalized spacial score (nSPS) is 19.1. The Morgan fingerprint density at radius 2 is 1.91 bits per heavy atom. The van der Waals surface area contributed by atoms with E-state index in [1.807, 2.05) is 0 Å². The Bertz CT molecular complexity index is 1090. The van der Waals surface area contributed by atoms with E-state index in [9.17, 15) is 31.5 Å². The third-order valence-electron chi connectivity index (χ3n) is 4.80. The molecular formula is C18H15F5N6O3. The second-order valence-electron chi connectivity index (χ2n) is 7.22. The highest BCUT2D eigenvalue weighted by Crippen LogP contribution is 2.44. The van der Waals surface area contributed by atoms with Crippen molar-refractivity contribution in [1.82, 2.24) is 20.3 Å². The first kappa shape index (κ1) is 21.6. The summed E-state index contributed by atoms with van der Waals surface area (Å²) in [7, 11) is 0. The molecule has 170 valence electrons. The van der Waals surface area contributed by atoms with E-state index >= 15 is 0 Å². The number of rotatable bonds is 3. The van der Waals surface area contributed by atoms with Crippen molar-refractivity contribution < 1.29 is 36.3 Å². The molecule has 4 heterocycles. The molecule has 1 saturated heterocycles. The van der Waals surface area contributed by atoms with Crippen molar-refractivity contribution in [1.29, 1.82) is 0 Å². The predicted octanol–water partition coefficient (Wildman–Crippen LogP) is 2.75. The standard InChI is InChI=1S/C18H15F5N6O3/c1-17(19,20)14-12-13(25-7-26-15(12)28-16(31)32-14)9-4-8(18(21,22)23)5-10(27-9)29-3-2-24-11(30)6-29/h4-5,7,14H,2-3,6H2,1H3,(H,24,30)(H,25,26,28,31)/t14-/m1/s1. The zero-order valence-electron chi connectivity index (χ0n) is 16.3. The lowest BCUT2D eigenvalue weighted by Crippen LogP contribution is -2.48. The van der Waals surface area contributed by atoms with Crippen molar-refractivity contribution in [3.63, 3.8) is 0 Å². The molecule has 2 aromatic heterocycles. The molecule has 2 N–H and O–H groups in total. The number of ether oxygens (including phenoxy) is 1. The SMILES string of the molecule is CC(F)(F)[C@@H]1OC(=O)Nc2ncnc(-c3cc(C(F)(F)F)cc(N4CCNC(=O)C4)n3)c21. The van der Waals surface area contributed by atoms with Gasteiger partial charge in [-0.2, -0.15) is 13.2 Å². The van der Waals surface area contributed by atoms with Gasteiger partial charge in [0.05, 0.1) is 23.4 Å². The van der Waals surface area contributed by atoms with Crippen molar-refractivity contribution in [2.24, 2.45) is 0 Å². The quantitative estimate of drug-likeness (QED) is 0.681. The number of alkyl halides is 5. The maximum Gasteiger partial charge on any atom is 0.416 e. The zero-order valence-corrected chi connectivity index (χ0v) is 16.3. The zero-order chi connectivity index (χ0) is 23.3. The monoisotopic (exact) mass is 458 g/mol. The number of halogens is 5. The molecule has 0 radical (unpaired) electrons. The Morgan fingerprint density at radius 1 is 1.16 bits per heavy atom. The van der Waals surface area contributed by atoms with Crippen LogP contribution in [0.1, 0.15) is 24.2 Å². The first-order chi connectivity index (χ1) is 14.9. The number of hydrogen-bond donors (Lipinski definition) is 2. The van der Waals surface area contributed by atoms with Crippen molar-refractivity contribution in [2.75, 3.05) is 29.9 Å². The molecule has 2 aliphatic rings. The number of aromatic nitrogens is 3. The Hall–Kier alpha value is -3.58. The van der Waals surface area contributed by atoms with Crippen LogP contribution in [0, 0.1) is 0 Å². The lowest BCUT2D eigenvalue weighted by molar-refractivity contribution is -0.137. The summed E-state index contributed by atoms with van der Waals surface area (Å²) in [5.74, 6) is -4.51. The van der Waals surface area contributed by atoms with E-state index in [1.165, 1.54) is 4.90 Å². The minimum Gasteiger partial charge on any atom is -0.434 e. The number of hydrogen-bond acceptors (Lipinski definition) is 7. The third kappa shape index (κ3) is 4.11. The molecule has 1 fully saturated rings. The average molecular weight is 458 g/mol. The molecule has 32 heavy (non-hydrogen) atoms. The topological polar surface area (TPSA) is 109 Å². The summed E-state index contributed by atoms with van der Waals surface area (Å²) < 4.78 is 74.0. The summed E-state index contributed by atoms with van der Waals surface area (Å²) in [5, 5.41) is 4.69. The maximum absolute atomic E-state index is 14.2. The lowest BCUT2D eigenvalue weighted by Gasteiger charge is -2.31. The van der Waals surface area contributed by atoms with E-state index < -0.39 is 47.0 Å². The first-order valence-electron chi connectivity index (χ1n) is 9.25. The number of anilines is 2. The molecule has 2 aromatic rings. The average Bonchev–Trinajstić information content (AvgIpc) is 2.71. The summed E-state index contributed by atoms with van der Waals surface area (Å²) in [6, 6.07) is 1.41. The molecule has 0 saturated carbocycles. The van der Waals surface area contributed by atoms with Crippen LogP contribution in [0.2, 0.25) is 0 Å². The largest absolute Gasteiger partial charge is 0.434 e. The molecule has 4 rings (SSSR count). The Kier molecular flexibility index (Phi) is 5.09. The predicted molar refractivity (Wildman–Crippen MR) is 99.0 cm³/mol. The van der Waals surface area contributed by atoms with Gasteiger partial charge in [0.1, 0.15) is 23.7 Å². The van der Waals surface area contributed by atoms with Gasteiger partial charge in [0.25, 0.3) is 5.92 Å². The van der Waals surface area contributed by atoms with Gasteiger partial charge in [0.15, 0.2) is 6.10 Å². The Labute approximate surface area is 177 Å². The van der Waals surface area contributed by atoms with Gasteiger partial charge in [0, 0.05) is 20.0 Å². The van der Waals surface area contributed by atoms with Gasteiger partial charge < -0.3 is 15.0 Å². The van der Waals surface area contributed by atoms with E-state index in [0.29, 0.717) is 13.0 Å². The van der Waals surface area contributed by atoms with Gasteiger partial charge in [-0.05, 0) is 12.1 Å². The van der Waals surface area contributed by atoms with Gasteiger partial charge in [0.2, 0.25) is 5.91 Å². The van der Waals surface area contributed by atoms with Gasteiger partial charge in [-0.3, -0.25) is 10.1 Å². The number of nitrogens with zero attached hydrogens (tertiary/aromatic N) is 4. The molecule has 0 unspecified atom stereocenters. The number of piperazine rings is 1. The molecule has 0 bridgehead atoms. The van der Waals surface area contributed by atoms with E-state index in [1.54, 1.807) is 0 Å². The fourth-order valence-electron chi connectivity index (χ4n) is 3.39. The van der Waals surface area contributed by atoms with Crippen LogP contribution < -0.4 is 15.5 Å². The van der Waals surface area contributed by atoms with Crippen LogP contribution in [0.3, 0.4) is 0 Å². The minimum absolute atomic E-state index is 0.183. The highest BCUT2D eigenvalue weighted by molar-refractivity contribution is 5.89. The smallest absolute Gasteiger partial charge is 0.416 e. The Balaban J connectivity index is 1.91. The summed E-state index contributed by atoms with van der Waals surface area (Å²) in [5.41, 5.74) is -2.28. The molecule has 0 aliphatic carbocycles. The van der Waals surface area contributed by atoms with E-state index in [2.05, 4.69) is 25.6 Å². The lowest BCUT2D eigenvalue weighted by atomic mass is 9.99. The van der Waals surface area contributed by atoms with Gasteiger partial charge in [-0.15, -0.1) is 0 Å². The van der Waals surface area contributed by atoms with E-state index in [0.717, 1.165) is 12.4 Å². The molecule has 14 heteroatoms. The summed E-state index contributed by atoms with van der Waals surface area (Å²) in [6.45, 7) is 0.647. The fourth-order valence-corrected chi connectivity index (χ4v) is 3.39. The van der Waals surface area contributed by atoms with Crippen molar-refractivity contribution in [3.05, 3.63) is 29.6 Å². The molecule has 0 aromatic carbocycles. The number of carbonyl (C=O) groups excluding carboxylic acids is 2. The van der Waals surface area contributed by atoms with Crippen LogP contribution in [-0.2, 0) is 15.7 Å². The van der Waals surface area contributed by atoms with Crippen LogP contribution in [0.4, 0.5) is 38.4 Å². The molecular weight excluding hydrogens is 443 g/mol. The summed E-state index contributed by atoms with van der Waals surface area (Å²) >= 11 is 0. The van der Waals surface area contributed by atoms with Crippen LogP contribution in [0.25, 0.3) is 11.4 Å². The fraction of sp³-hybridized carbons (Fsp3) is 0.389. The second kappa shape index (κ2) is 7.53. The van der Waals surface area contributed by atoms with Crippen LogP contribution in [-0.4, -0.2) is 52.5 Å². The number of fused-ring (bicyclic) bond motifs is 1. The maximum atomic E-state index is 14.2. The molecule has 2 aliphatic heterocycles. The second-order valence-corrected chi connectivity index (χ2v) is 7.22. The highest BCUT2D eigenvalue weighted by Gasteiger charge is 2.46. The third-order valence-corrected chi connectivity index (χ3v) is 4.80. The van der Waals surface area contributed by atoms with E-state index in [4.69, 9.17) is 4.74 Å². The van der Waals surface area contributed by atoms with E-state index in [-0.39, 0.29) is 37.0 Å². The molecule has 2 amide bonds. The van der Waals surface area contributed by atoms with Crippen molar-refractivity contribution in [3.8, 4) is 11.4 Å². The van der Waals surface area contributed by atoms with Crippen molar-refractivity contribution in [2.45, 2.75) is 25.1 Å². The number of nitrogens with one attached hydrogen (secondary N) is 2. The number of pyridine rings is 1. The minimum atomic E-state index is -4.80. The molecule has 0 spiro atoms. The summed E-state index contributed by atoms with van der Waals surface area (Å²) in [6.07, 6.45) is -7.23. The highest BCUT2D eigenvalue weighted by atomic mass is 19.4. The molecule has 9 nitrogen and oxygen atoms in total. The van der Waals surface area contributed by atoms with Gasteiger partial charge >= 0.3 is 12.3 Å². The summed E-state index contributed by atoms with van der Waals surface area (Å²) in [4.78, 5) is 36.5. The van der Waals surface area contributed by atoms with Crippen LogP contribution >= 0.6 is 0 Å². The van der Waals surface area contributed by atoms with Crippen LogP contribution in [0.5, 0.6) is 0 Å². The van der Waals surface area contributed by atoms with Gasteiger partial charge in [-0.25, -0.2) is 28.5 Å². The number of carbonyl (C=O) groups is 2. The van der Waals surface area contributed by atoms with Crippen LogP contribution in [0.15, 0.2) is 18.5 Å². The first-order valence-corrected chi connectivity index (χ1v) is 9.25. The number of amides is 2. The Morgan fingerprint density at radius 3 is 2.56 bits per heavy atom. The molecule has 1 atom stereocenters. The number of cyclic esters (lactones) is 1.